The van der Waals surface area contributed by atoms with Gasteiger partial charge in [0, 0.05) is 0 Å². The van der Waals surface area contributed by atoms with Crippen LogP contribution in [0.1, 0.15) is 0 Å². The molecule has 0 radical (unpaired) electrons. The molecule has 1 heterocycles. The summed E-state index contributed by atoms with van der Waals surface area (Å²) in [7, 11) is -6.83. The highest BCUT2D eigenvalue weighted by molar-refractivity contribution is 8.11. The normalized spacial score (nSPS) is 33.3. The molecule has 0 spiro atoms. The molecule has 0 amide bonds. The van der Waals surface area contributed by atoms with Crippen molar-refractivity contribution in [3.8, 4) is 0 Å². The Morgan fingerprint density at radius 1 is 1.27 bits per heavy atom. The van der Waals surface area contributed by atoms with Crippen LogP contribution in [0.3, 0.4) is 0 Å². The fourth-order valence-corrected chi connectivity index (χ4v) is 6.42. The standard InChI is InChI=1S/C5H8O4S2/c1-2-5-3-10(6,7)4-11(5,8)9/h2,5H,1,3-4H2. The van der Waals surface area contributed by atoms with E-state index in [1.165, 1.54) is 6.08 Å². The zero-order valence-electron chi connectivity index (χ0n) is 5.73. The van der Waals surface area contributed by atoms with Crippen molar-refractivity contribution in [3.63, 3.8) is 0 Å². The van der Waals surface area contributed by atoms with Gasteiger partial charge in [-0.15, -0.1) is 6.58 Å². The summed E-state index contributed by atoms with van der Waals surface area (Å²) in [5, 5.41) is -1.62. The Morgan fingerprint density at radius 3 is 2.00 bits per heavy atom. The van der Waals surface area contributed by atoms with Crippen LogP contribution in [0.15, 0.2) is 12.7 Å². The van der Waals surface area contributed by atoms with Crippen molar-refractivity contribution < 1.29 is 16.8 Å². The Balaban J connectivity index is 3.18. The van der Waals surface area contributed by atoms with Crippen LogP contribution >= 0.6 is 0 Å². The van der Waals surface area contributed by atoms with E-state index >= 15 is 0 Å². The second-order valence-electron chi connectivity index (χ2n) is 2.47. The topological polar surface area (TPSA) is 68.3 Å². The van der Waals surface area contributed by atoms with E-state index in [9.17, 15) is 16.8 Å². The van der Waals surface area contributed by atoms with Gasteiger partial charge in [0.25, 0.3) is 0 Å². The molecule has 0 aromatic heterocycles. The van der Waals surface area contributed by atoms with Gasteiger partial charge in [-0.1, -0.05) is 6.08 Å². The lowest BCUT2D eigenvalue weighted by Gasteiger charge is -1.96. The van der Waals surface area contributed by atoms with Crippen LogP contribution in [-0.4, -0.2) is 32.9 Å². The molecule has 11 heavy (non-hydrogen) atoms. The van der Waals surface area contributed by atoms with E-state index in [4.69, 9.17) is 0 Å². The number of hydrogen-bond donors (Lipinski definition) is 0. The molecule has 1 saturated heterocycles. The van der Waals surface area contributed by atoms with Crippen molar-refractivity contribution in [1.29, 1.82) is 0 Å². The van der Waals surface area contributed by atoms with Crippen molar-refractivity contribution >= 4 is 19.7 Å². The van der Waals surface area contributed by atoms with Crippen molar-refractivity contribution in [2.45, 2.75) is 5.25 Å². The van der Waals surface area contributed by atoms with E-state index in [1.54, 1.807) is 0 Å². The quantitative estimate of drug-likeness (QED) is 0.522. The first-order chi connectivity index (χ1) is 4.87. The molecule has 1 rings (SSSR count). The number of rotatable bonds is 1. The largest absolute Gasteiger partial charge is 0.228 e. The molecular formula is C5H8O4S2. The van der Waals surface area contributed by atoms with Crippen LogP contribution in [-0.2, 0) is 19.7 Å². The molecule has 1 atom stereocenters. The molecule has 0 aromatic rings. The van der Waals surface area contributed by atoms with Crippen molar-refractivity contribution in [3.05, 3.63) is 12.7 Å². The van der Waals surface area contributed by atoms with Gasteiger partial charge in [0.1, 0.15) is 0 Å². The lowest BCUT2D eigenvalue weighted by molar-refractivity contribution is 0.598. The van der Waals surface area contributed by atoms with Crippen molar-refractivity contribution in [2.24, 2.45) is 0 Å². The molecule has 0 aliphatic carbocycles. The smallest absolute Gasteiger partial charge is 0.172 e. The second kappa shape index (κ2) is 2.31. The van der Waals surface area contributed by atoms with Crippen LogP contribution < -0.4 is 0 Å². The van der Waals surface area contributed by atoms with Crippen molar-refractivity contribution in [1.82, 2.24) is 0 Å². The maximum absolute atomic E-state index is 11.0. The summed E-state index contributed by atoms with van der Waals surface area (Å²) in [6.07, 6.45) is 1.17. The Bertz CT molecular complexity index is 361. The first-order valence-corrected chi connectivity index (χ1v) is 6.46. The summed E-state index contributed by atoms with van der Waals surface area (Å²) < 4.78 is 43.5. The van der Waals surface area contributed by atoms with Crippen LogP contribution in [0, 0.1) is 0 Å². The maximum Gasteiger partial charge on any atom is 0.172 e. The van der Waals surface area contributed by atoms with Gasteiger partial charge in [-0.05, 0) is 0 Å². The maximum atomic E-state index is 11.0. The highest BCUT2D eigenvalue weighted by atomic mass is 32.3. The summed E-state index contributed by atoms with van der Waals surface area (Å²) >= 11 is 0. The van der Waals surface area contributed by atoms with E-state index in [0.29, 0.717) is 0 Å². The fourth-order valence-electron chi connectivity index (χ4n) is 0.954. The Hall–Kier alpha value is -0.360. The molecule has 6 heteroatoms. The van der Waals surface area contributed by atoms with Gasteiger partial charge >= 0.3 is 0 Å². The average Bonchev–Trinajstić information content (AvgIpc) is 1.99. The lowest BCUT2D eigenvalue weighted by atomic mass is 10.5. The van der Waals surface area contributed by atoms with Gasteiger partial charge in [0.2, 0.25) is 0 Å². The minimum absolute atomic E-state index is 0.307. The van der Waals surface area contributed by atoms with Crippen LogP contribution in [0.2, 0.25) is 0 Å². The molecular weight excluding hydrogens is 188 g/mol. The fraction of sp³-hybridized carbons (Fsp3) is 0.600. The Kier molecular flexibility index (Phi) is 1.84. The monoisotopic (exact) mass is 196 g/mol. The van der Waals surface area contributed by atoms with E-state index in [1.807, 2.05) is 0 Å². The summed E-state index contributed by atoms with van der Waals surface area (Å²) in [6, 6.07) is 0. The van der Waals surface area contributed by atoms with E-state index in [2.05, 4.69) is 6.58 Å². The first kappa shape index (κ1) is 8.73. The Morgan fingerprint density at radius 2 is 1.82 bits per heavy atom. The predicted octanol–water partition coefficient (Wildman–Crippen LogP) is -0.658. The summed E-state index contributed by atoms with van der Waals surface area (Å²) in [6.45, 7) is 3.26. The average molecular weight is 196 g/mol. The van der Waals surface area contributed by atoms with E-state index < -0.39 is 30.0 Å². The number of hydrogen-bond acceptors (Lipinski definition) is 4. The molecule has 1 aliphatic heterocycles. The third-order valence-corrected chi connectivity index (χ3v) is 6.60. The van der Waals surface area contributed by atoms with Gasteiger partial charge in [-0.3, -0.25) is 0 Å². The summed E-state index contributed by atoms with van der Waals surface area (Å²) in [4.78, 5) is 0. The summed E-state index contributed by atoms with van der Waals surface area (Å²) in [5.74, 6) is -0.307. The predicted molar refractivity (Wildman–Crippen MR) is 41.6 cm³/mol. The number of sulfone groups is 2. The highest BCUT2D eigenvalue weighted by Crippen LogP contribution is 2.18. The van der Waals surface area contributed by atoms with Gasteiger partial charge in [0.05, 0.1) is 11.0 Å². The summed E-state index contributed by atoms with van der Waals surface area (Å²) in [5.41, 5.74) is 0. The van der Waals surface area contributed by atoms with Gasteiger partial charge in [0.15, 0.2) is 24.8 Å². The molecule has 0 bridgehead atoms. The van der Waals surface area contributed by atoms with Gasteiger partial charge < -0.3 is 0 Å². The lowest BCUT2D eigenvalue weighted by Crippen LogP contribution is -2.14. The van der Waals surface area contributed by atoms with E-state index in [0.717, 1.165) is 0 Å². The molecule has 0 aromatic carbocycles. The molecule has 0 saturated carbocycles. The highest BCUT2D eigenvalue weighted by Gasteiger charge is 2.39. The third-order valence-electron chi connectivity index (χ3n) is 1.49. The molecule has 1 fully saturated rings. The third kappa shape index (κ3) is 1.62. The van der Waals surface area contributed by atoms with E-state index in [-0.39, 0.29) is 5.75 Å². The zero-order chi connectivity index (χ0) is 8.70. The first-order valence-electron chi connectivity index (χ1n) is 2.92. The minimum atomic E-state index is -3.45. The zero-order valence-corrected chi connectivity index (χ0v) is 7.36. The molecule has 0 N–H and O–H groups in total. The second-order valence-corrected chi connectivity index (χ2v) is 7.16. The van der Waals surface area contributed by atoms with Gasteiger partial charge in [-0.25, -0.2) is 16.8 Å². The molecule has 64 valence electrons. The molecule has 1 aliphatic rings. The molecule has 4 nitrogen and oxygen atoms in total. The minimum Gasteiger partial charge on any atom is -0.228 e. The SMILES string of the molecule is C=CC1CS(=O)(=O)CS1(=O)=O. The van der Waals surface area contributed by atoms with Crippen LogP contribution in [0.4, 0.5) is 0 Å². The van der Waals surface area contributed by atoms with Crippen LogP contribution in [0.5, 0.6) is 0 Å². The van der Waals surface area contributed by atoms with Crippen molar-refractivity contribution in [2.75, 3.05) is 10.8 Å². The van der Waals surface area contributed by atoms with Gasteiger partial charge in [-0.2, -0.15) is 0 Å². The Labute approximate surface area is 65.8 Å². The van der Waals surface area contributed by atoms with Crippen LogP contribution in [0.25, 0.3) is 0 Å². The molecule has 1 unspecified atom stereocenters.